The zero-order valence-electron chi connectivity index (χ0n) is 14.2. The van der Waals surface area contributed by atoms with Gasteiger partial charge in [0.05, 0.1) is 11.1 Å². The number of imidazole rings is 1. The van der Waals surface area contributed by atoms with Crippen molar-refractivity contribution in [1.29, 1.82) is 0 Å². The number of benzene rings is 1. The lowest BCUT2D eigenvalue weighted by Gasteiger charge is -2.05. The summed E-state index contributed by atoms with van der Waals surface area (Å²) in [6.45, 7) is 2.30. The van der Waals surface area contributed by atoms with Crippen molar-refractivity contribution in [1.82, 2.24) is 14.7 Å². The Morgan fingerprint density at radius 1 is 1.23 bits per heavy atom. The molecule has 0 aliphatic heterocycles. The van der Waals surface area contributed by atoms with Crippen LogP contribution in [0.4, 0.5) is 0 Å². The molecular weight excluding hydrogens is 330 g/mol. The number of hydrogen-bond donors (Lipinski definition) is 1. The van der Waals surface area contributed by atoms with E-state index < -0.39 is 5.91 Å². The van der Waals surface area contributed by atoms with E-state index in [9.17, 15) is 9.59 Å². The van der Waals surface area contributed by atoms with Gasteiger partial charge in [-0.25, -0.2) is 4.98 Å². The Labute approximate surface area is 149 Å². The number of aryl methyl sites for hydroxylation is 1. The molecule has 1 N–H and O–H groups in total. The second-order valence-electron chi connectivity index (χ2n) is 6.18. The van der Waals surface area contributed by atoms with Crippen LogP contribution in [0.25, 0.3) is 16.6 Å². The number of amides is 1. The molecule has 6 nitrogen and oxygen atoms in total. The van der Waals surface area contributed by atoms with E-state index in [1.54, 1.807) is 12.1 Å². The van der Waals surface area contributed by atoms with Crippen LogP contribution in [-0.2, 0) is 6.42 Å². The SMILES string of the molecule is Cc1ccc2oc(C(=O)NCCc3cn4ccccc4n3)cc(=O)c2c1. The molecule has 130 valence electrons. The maximum atomic E-state index is 12.3. The van der Waals surface area contributed by atoms with Crippen molar-refractivity contribution in [3.8, 4) is 0 Å². The number of nitrogens with one attached hydrogen (secondary N) is 1. The van der Waals surface area contributed by atoms with Gasteiger partial charge in [-0.1, -0.05) is 17.7 Å². The van der Waals surface area contributed by atoms with E-state index in [0.29, 0.717) is 23.9 Å². The number of pyridine rings is 1. The van der Waals surface area contributed by atoms with E-state index in [0.717, 1.165) is 16.9 Å². The molecule has 3 aromatic heterocycles. The van der Waals surface area contributed by atoms with Crippen molar-refractivity contribution < 1.29 is 9.21 Å². The summed E-state index contributed by atoms with van der Waals surface area (Å²) in [6, 6.07) is 12.3. The van der Waals surface area contributed by atoms with E-state index in [1.807, 2.05) is 48.0 Å². The highest BCUT2D eigenvalue weighted by Gasteiger charge is 2.12. The van der Waals surface area contributed by atoms with Crippen LogP contribution in [0.2, 0.25) is 0 Å². The summed E-state index contributed by atoms with van der Waals surface area (Å²) in [5, 5.41) is 3.25. The van der Waals surface area contributed by atoms with E-state index >= 15 is 0 Å². The molecular formula is C20H17N3O3. The number of hydrogen-bond acceptors (Lipinski definition) is 4. The fourth-order valence-corrected chi connectivity index (χ4v) is 2.88. The first kappa shape index (κ1) is 16.1. The number of carbonyl (C=O) groups excluding carboxylic acids is 1. The predicted octanol–water partition coefficient (Wildman–Crippen LogP) is 2.72. The lowest BCUT2D eigenvalue weighted by molar-refractivity contribution is 0.0927. The normalized spacial score (nSPS) is 11.1. The molecule has 0 bridgehead atoms. The Morgan fingerprint density at radius 2 is 2.12 bits per heavy atom. The minimum Gasteiger partial charge on any atom is -0.451 e. The van der Waals surface area contributed by atoms with Crippen molar-refractivity contribution >= 4 is 22.5 Å². The summed E-state index contributed by atoms with van der Waals surface area (Å²) in [4.78, 5) is 29.0. The molecule has 26 heavy (non-hydrogen) atoms. The van der Waals surface area contributed by atoms with Crippen LogP contribution in [-0.4, -0.2) is 21.8 Å². The second kappa shape index (κ2) is 6.48. The van der Waals surface area contributed by atoms with Crippen LogP contribution in [0.5, 0.6) is 0 Å². The first-order valence-corrected chi connectivity index (χ1v) is 8.35. The Kier molecular flexibility index (Phi) is 4.01. The monoisotopic (exact) mass is 347 g/mol. The molecule has 0 spiro atoms. The molecule has 0 unspecified atom stereocenters. The van der Waals surface area contributed by atoms with Crippen LogP contribution in [0, 0.1) is 6.92 Å². The minimum atomic E-state index is -0.409. The number of carbonyl (C=O) groups is 1. The third-order valence-corrected chi connectivity index (χ3v) is 4.19. The Hall–Kier alpha value is -3.41. The Balaban J connectivity index is 1.47. The van der Waals surface area contributed by atoms with Gasteiger partial charge in [-0.3, -0.25) is 9.59 Å². The molecule has 0 saturated heterocycles. The summed E-state index contributed by atoms with van der Waals surface area (Å²) in [5.74, 6) is -0.394. The van der Waals surface area contributed by atoms with Crippen molar-refractivity contribution in [2.45, 2.75) is 13.3 Å². The molecule has 1 aromatic carbocycles. The fourth-order valence-electron chi connectivity index (χ4n) is 2.88. The number of fused-ring (bicyclic) bond motifs is 2. The standard InChI is InChI=1S/C20H17N3O3/c1-13-5-6-17-15(10-13)16(24)11-18(26-17)20(25)21-8-7-14-12-23-9-3-2-4-19(23)22-14/h2-6,9-12H,7-8H2,1H3,(H,21,25). The molecule has 0 saturated carbocycles. The highest BCUT2D eigenvalue weighted by atomic mass is 16.3. The number of aromatic nitrogens is 2. The maximum absolute atomic E-state index is 12.3. The molecule has 3 heterocycles. The van der Waals surface area contributed by atoms with Gasteiger partial charge in [0, 0.05) is 31.4 Å². The van der Waals surface area contributed by atoms with Crippen LogP contribution in [0.1, 0.15) is 21.8 Å². The van der Waals surface area contributed by atoms with Gasteiger partial charge in [-0.15, -0.1) is 0 Å². The second-order valence-corrected chi connectivity index (χ2v) is 6.18. The van der Waals surface area contributed by atoms with E-state index in [2.05, 4.69) is 10.3 Å². The number of nitrogens with zero attached hydrogens (tertiary/aromatic N) is 2. The maximum Gasteiger partial charge on any atom is 0.287 e. The Bertz CT molecular complexity index is 1140. The van der Waals surface area contributed by atoms with Gasteiger partial charge in [0.25, 0.3) is 5.91 Å². The zero-order valence-corrected chi connectivity index (χ0v) is 14.2. The quantitative estimate of drug-likeness (QED) is 0.616. The molecule has 6 heteroatoms. The molecule has 4 rings (SSSR count). The largest absolute Gasteiger partial charge is 0.451 e. The summed E-state index contributed by atoms with van der Waals surface area (Å²) >= 11 is 0. The fraction of sp³-hybridized carbons (Fsp3) is 0.150. The van der Waals surface area contributed by atoms with Gasteiger partial charge in [-0.05, 0) is 31.2 Å². The lowest BCUT2D eigenvalue weighted by Crippen LogP contribution is -2.26. The van der Waals surface area contributed by atoms with Crippen LogP contribution in [0.15, 0.2) is 64.1 Å². The highest BCUT2D eigenvalue weighted by Crippen LogP contribution is 2.14. The molecule has 0 atom stereocenters. The van der Waals surface area contributed by atoms with Crippen molar-refractivity contribution in [3.63, 3.8) is 0 Å². The van der Waals surface area contributed by atoms with Gasteiger partial charge in [-0.2, -0.15) is 0 Å². The highest BCUT2D eigenvalue weighted by molar-refractivity contribution is 5.93. The van der Waals surface area contributed by atoms with E-state index in [-0.39, 0.29) is 11.2 Å². The summed E-state index contributed by atoms with van der Waals surface area (Å²) in [5.41, 5.74) is 2.90. The molecule has 0 aliphatic rings. The van der Waals surface area contributed by atoms with Crippen LogP contribution >= 0.6 is 0 Å². The molecule has 4 aromatic rings. The summed E-state index contributed by atoms with van der Waals surface area (Å²) < 4.78 is 7.51. The van der Waals surface area contributed by atoms with Gasteiger partial charge >= 0.3 is 0 Å². The number of rotatable bonds is 4. The summed E-state index contributed by atoms with van der Waals surface area (Å²) in [7, 11) is 0. The topological polar surface area (TPSA) is 76.6 Å². The lowest BCUT2D eigenvalue weighted by atomic mass is 10.1. The molecule has 0 radical (unpaired) electrons. The average Bonchev–Trinajstić information content (AvgIpc) is 3.05. The van der Waals surface area contributed by atoms with E-state index in [4.69, 9.17) is 4.42 Å². The molecule has 0 fully saturated rings. The summed E-state index contributed by atoms with van der Waals surface area (Å²) in [6.07, 6.45) is 4.44. The van der Waals surface area contributed by atoms with Gasteiger partial charge in [0.1, 0.15) is 11.2 Å². The van der Waals surface area contributed by atoms with Gasteiger partial charge in [0.2, 0.25) is 0 Å². The van der Waals surface area contributed by atoms with Crippen molar-refractivity contribution in [2.24, 2.45) is 0 Å². The third-order valence-electron chi connectivity index (χ3n) is 4.19. The zero-order chi connectivity index (χ0) is 18.1. The predicted molar refractivity (Wildman–Crippen MR) is 98.5 cm³/mol. The van der Waals surface area contributed by atoms with Crippen LogP contribution in [0.3, 0.4) is 0 Å². The van der Waals surface area contributed by atoms with Gasteiger partial charge < -0.3 is 14.1 Å². The smallest absolute Gasteiger partial charge is 0.287 e. The molecule has 1 amide bonds. The first-order valence-electron chi connectivity index (χ1n) is 8.35. The van der Waals surface area contributed by atoms with Crippen LogP contribution < -0.4 is 10.7 Å². The Morgan fingerprint density at radius 3 is 2.96 bits per heavy atom. The van der Waals surface area contributed by atoms with Crippen molar-refractivity contribution in [2.75, 3.05) is 6.54 Å². The third kappa shape index (κ3) is 3.09. The average molecular weight is 347 g/mol. The van der Waals surface area contributed by atoms with E-state index in [1.165, 1.54) is 6.07 Å². The molecule has 0 aliphatic carbocycles. The minimum absolute atomic E-state index is 0.0151. The first-order chi connectivity index (χ1) is 12.6. The van der Waals surface area contributed by atoms with Crippen molar-refractivity contribution in [3.05, 3.63) is 82.1 Å². The van der Waals surface area contributed by atoms with Gasteiger partial charge in [0.15, 0.2) is 11.2 Å².